The Morgan fingerprint density at radius 1 is 1.41 bits per heavy atom. The van der Waals surface area contributed by atoms with Crippen LogP contribution in [0.2, 0.25) is 0 Å². The third-order valence-corrected chi connectivity index (χ3v) is 1.54. The molecule has 0 fully saturated rings. The topological polar surface area (TPSA) is 80.7 Å². The van der Waals surface area contributed by atoms with Gasteiger partial charge in [0.2, 0.25) is 0 Å². The number of esters is 1. The first-order valence-corrected chi connectivity index (χ1v) is 5.33. The van der Waals surface area contributed by atoms with E-state index in [1.807, 2.05) is 27.7 Å². The van der Waals surface area contributed by atoms with E-state index in [9.17, 15) is 9.90 Å². The highest BCUT2D eigenvalue weighted by molar-refractivity contribution is 5.82. The van der Waals surface area contributed by atoms with Gasteiger partial charge in [0, 0.05) is 6.08 Å². The monoisotopic (exact) mass is 244 g/mol. The fourth-order valence-corrected chi connectivity index (χ4v) is 0.824. The molecule has 0 aromatic heterocycles. The Labute approximate surface area is 101 Å². The fourth-order valence-electron chi connectivity index (χ4n) is 0.824. The number of hydrogen-bond donors (Lipinski definition) is 1. The van der Waals surface area contributed by atoms with Crippen molar-refractivity contribution in [3.63, 3.8) is 0 Å². The number of aliphatic hydroxyl groups excluding tert-OH is 1. The lowest BCUT2D eigenvalue weighted by atomic mass is 10.2. The summed E-state index contributed by atoms with van der Waals surface area (Å²) in [7, 11) is 0. The lowest BCUT2D eigenvalue weighted by Gasteiger charge is -2.17. The first-order valence-electron chi connectivity index (χ1n) is 5.33. The van der Waals surface area contributed by atoms with Crippen LogP contribution in [0.4, 0.5) is 0 Å². The summed E-state index contributed by atoms with van der Waals surface area (Å²) in [6.45, 7) is 7.35. The van der Waals surface area contributed by atoms with Crippen molar-refractivity contribution in [3.05, 3.63) is 12.2 Å². The summed E-state index contributed by atoms with van der Waals surface area (Å²) in [5.74, 6) is -0.360. The SMILES string of the molecule is CC[C@H](O)C/C=C/C(=O)OC(C)(C)C.O=C=O. The van der Waals surface area contributed by atoms with E-state index >= 15 is 0 Å². The van der Waals surface area contributed by atoms with Crippen LogP contribution in [0.25, 0.3) is 0 Å². The van der Waals surface area contributed by atoms with Gasteiger partial charge >= 0.3 is 12.1 Å². The first-order chi connectivity index (χ1) is 7.76. The summed E-state index contributed by atoms with van der Waals surface area (Å²) >= 11 is 0. The number of carbonyl (C=O) groups is 1. The number of hydrogen-bond acceptors (Lipinski definition) is 5. The molecule has 17 heavy (non-hydrogen) atoms. The van der Waals surface area contributed by atoms with E-state index in [2.05, 4.69) is 0 Å². The molecule has 0 radical (unpaired) electrons. The lowest BCUT2D eigenvalue weighted by molar-refractivity contribution is -0.191. The van der Waals surface area contributed by atoms with Gasteiger partial charge in [0.05, 0.1) is 6.10 Å². The van der Waals surface area contributed by atoms with Crippen LogP contribution in [-0.4, -0.2) is 28.9 Å². The number of ether oxygens (including phenoxy) is 1. The molecule has 0 aliphatic heterocycles. The zero-order valence-electron chi connectivity index (χ0n) is 10.7. The minimum absolute atomic E-state index is 0.250. The van der Waals surface area contributed by atoms with Crippen molar-refractivity contribution >= 4 is 12.1 Å². The van der Waals surface area contributed by atoms with Crippen molar-refractivity contribution in [2.45, 2.75) is 52.2 Å². The molecule has 98 valence electrons. The van der Waals surface area contributed by atoms with Gasteiger partial charge in [-0.2, -0.15) is 9.59 Å². The second-order valence-electron chi connectivity index (χ2n) is 4.32. The van der Waals surface area contributed by atoms with Crippen LogP contribution in [0.5, 0.6) is 0 Å². The summed E-state index contributed by atoms with van der Waals surface area (Å²) in [5.41, 5.74) is -0.454. The molecule has 0 spiro atoms. The molecule has 0 bridgehead atoms. The van der Waals surface area contributed by atoms with Crippen LogP contribution < -0.4 is 0 Å². The second-order valence-corrected chi connectivity index (χ2v) is 4.32. The standard InChI is InChI=1S/C11H20O3.CO2/c1-5-9(12)7-6-8-10(13)14-11(2,3)4;2-1-3/h6,8-9,12H,5,7H2,1-4H3;/b8-6+;/t9-;/m0./s1. The van der Waals surface area contributed by atoms with Gasteiger partial charge in [-0.15, -0.1) is 0 Å². The van der Waals surface area contributed by atoms with Crippen LogP contribution in [0.15, 0.2) is 12.2 Å². The van der Waals surface area contributed by atoms with Crippen molar-refractivity contribution in [3.8, 4) is 0 Å². The molecule has 0 aliphatic carbocycles. The number of carbonyl (C=O) groups excluding carboxylic acids is 3. The van der Waals surface area contributed by atoms with E-state index in [-0.39, 0.29) is 18.2 Å². The quantitative estimate of drug-likeness (QED) is 0.598. The smallest absolute Gasteiger partial charge is 0.373 e. The maximum Gasteiger partial charge on any atom is 0.373 e. The van der Waals surface area contributed by atoms with E-state index in [4.69, 9.17) is 14.3 Å². The largest absolute Gasteiger partial charge is 0.457 e. The molecular weight excluding hydrogens is 224 g/mol. The Balaban J connectivity index is 0. The second kappa shape index (κ2) is 9.75. The highest BCUT2D eigenvalue weighted by atomic mass is 16.6. The molecule has 0 aromatic rings. The van der Waals surface area contributed by atoms with Gasteiger partial charge in [-0.05, 0) is 33.6 Å². The Bertz CT molecular complexity index is 269. The van der Waals surface area contributed by atoms with Crippen molar-refractivity contribution < 1.29 is 24.2 Å². The Morgan fingerprint density at radius 3 is 2.24 bits per heavy atom. The fraction of sp³-hybridized carbons (Fsp3) is 0.667. The third kappa shape index (κ3) is 17.2. The van der Waals surface area contributed by atoms with Gasteiger partial charge in [0.25, 0.3) is 0 Å². The molecule has 0 saturated carbocycles. The van der Waals surface area contributed by atoms with E-state index < -0.39 is 5.60 Å². The molecule has 1 atom stereocenters. The van der Waals surface area contributed by atoms with Gasteiger partial charge in [0.1, 0.15) is 5.60 Å². The molecule has 1 N–H and O–H groups in total. The molecule has 0 heterocycles. The van der Waals surface area contributed by atoms with Gasteiger partial charge in [-0.3, -0.25) is 0 Å². The van der Waals surface area contributed by atoms with E-state index in [0.717, 1.165) is 0 Å². The molecule has 5 heteroatoms. The van der Waals surface area contributed by atoms with Crippen LogP contribution in [-0.2, 0) is 19.1 Å². The summed E-state index contributed by atoms with van der Waals surface area (Å²) in [4.78, 5) is 27.4. The lowest BCUT2D eigenvalue weighted by Crippen LogP contribution is -2.22. The summed E-state index contributed by atoms with van der Waals surface area (Å²) in [5, 5.41) is 9.20. The van der Waals surface area contributed by atoms with Gasteiger partial charge in [0.15, 0.2) is 0 Å². The maximum absolute atomic E-state index is 11.1. The van der Waals surface area contributed by atoms with E-state index in [0.29, 0.717) is 12.8 Å². The summed E-state index contributed by atoms with van der Waals surface area (Å²) in [6, 6.07) is 0. The Morgan fingerprint density at radius 2 is 1.88 bits per heavy atom. The van der Waals surface area contributed by atoms with E-state index in [1.165, 1.54) is 6.08 Å². The highest BCUT2D eigenvalue weighted by Gasteiger charge is 2.13. The molecule has 5 nitrogen and oxygen atoms in total. The maximum atomic E-state index is 11.1. The minimum Gasteiger partial charge on any atom is -0.457 e. The molecule has 0 aromatic carbocycles. The van der Waals surface area contributed by atoms with Gasteiger partial charge < -0.3 is 9.84 Å². The van der Waals surface area contributed by atoms with Crippen molar-refractivity contribution in [2.75, 3.05) is 0 Å². The van der Waals surface area contributed by atoms with Crippen LogP contribution in [0.3, 0.4) is 0 Å². The van der Waals surface area contributed by atoms with E-state index in [1.54, 1.807) is 6.08 Å². The minimum atomic E-state index is -0.454. The molecule has 0 unspecified atom stereocenters. The summed E-state index contributed by atoms with van der Waals surface area (Å²) < 4.78 is 5.05. The normalized spacial score (nSPS) is 12.3. The zero-order chi connectivity index (χ0) is 13.9. The third-order valence-electron chi connectivity index (χ3n) is 1.54. The summed E-state index contributed by atoms with van der Waals surface area (Å²) in [6.07, 6.45) is 4.08. The number of rotatable bonds is 4. The molecular formula is C12H20O5. The Hall–Kier alpha value is -1.45. The molecule has 0 rings (SSSR count). The number of aliphatic hydroxyl groups is 1. The van der Waals surface area contributed by atoms with Crippen molar-refractivity contribution in [1.29, 1.82) is 0 Å². The van der Waals surface area contributed by atoms with Gasteiger partial charge in [-0.25, -0.2) is 4.79 Å². The van der Waals surface area contributed by atoms with Crippen LogP contribution in [0, 0.1) is 0 Å². The molecule has 0 aliphatic rings. The van der Waals surface area contributed by atoms with Gasteiger partial charge in [-0.1, -0.05) is 13.0 Å². The molecule has 0 saturated heterocycles. The predicted molar refractivity (Wildman–Crippen MR) is 60.9 cm³/mol. The van der Waals surface area contributed by atoms with Crippen molar-refractivity contribution in [1.82, 2.24) is 0 Å². The average molecular weight is 244 g/mol. The zero-order valence-corrected chi connectivity index (χ0v) is 10.7. The highest BCUT2D eigenvalue weighted by Crippen LogP contribution is 2.07. The van der Waals surface area contributed by atoms with Crippen LogP contribution in [0.1, 0.15) is 40.5 Å². The Kier molecular flexibility index (Phi) is 10.3. The average Bonchev–Trinajstić information content (AvgIpc) is 2.15. The molecule has 0 amide bonds. The van der Waals surface area contributed by atoms with Crippen molar-refractivity contribution in [2.24, 2.45) is 0 Å². The first kappa shape index (κ1) is 17.9. The van der Waals surface area contributed by atoms with Crippen LogP contribution >= 0.6 is 0 Å². The predicted octanol–water partition coefficient (Wildman–Crippen LogP) is 1.46.